The summed E-state index contributed by atoms with van der Waals surface area (Å²) in [4.78, 5) is 18.4. The first-order valence-electron chi connectivity index (χ1n) is 6.45. The number of halogens is 1. The molecule has 2 atom stereocenters. The van der Waals surface area contributed by atoms with Gasteiger partial charge < -0.3 is 10.3 Å². The van der Waals surface area contributed by atoms with Crippen LogP contribution in [0.5, 0.6) is 0 Å². The fraction of sp³-hybridized carbons (Fsp3) is 0.538. The molecule has 1 fully saturated rings. The Balaban J connectivity index is 2.20. The Morgan fingerprint density at radius 2 is 2.21 bits per heavy atom. The van der Waals surface area contributed by atoms with E-state index in [0.29, 0.717) is 22.7 Å². The van der Waals surface area contributed by atoms with Gasteiger partial charge in [0, 0.05) is 13.1 Å². The number of carbonyl (C=O) groups is 1. The monoisotopic (exact) mass is 282 g/mol. The number of carbonyl (C=O) groups excluding carboxylic acids is 1. The number of piperidine rings is 1. The summed E-state index contributed by atoms with van der Waals surface area (Å²) in [6.07, 6.45) is 1.01. The van der Waals surface area contributed by atoms with Crippen LogP contribution in [-0.4, -0.2) is 28.9 Å². The molecule has 1 aromatic heterocycles. The molecule has 1 aromatic rings. The van der Waals surface area contributed by atoms with Crippen molar-refractivity contribution in [2.75, 3.05) is 18.5 Å². The largest absolute Gasteiger partial charge is 0.337 e. The minimum absolute atomic E-state index is 0.124. The van der Waals surface area contributed by atoms with Crippen molar-refractivity contribution in [2.24, 2.45) is 17.7 Å². The summed E-state index contributed by atoms with van der Waals surface area (Å²) in [5, 5.41) is 0.357. The molecule has 6 heteroatoms. The zero-order valence-electron chi connectivity index (χ0n) is 11.2. The van der Waals surface area contributed by atoms with Gasteiger partial charge in [-0.15, -0.1) is 0 Å². The van der Waals surface area contributed by atoms with Gasteiger partial charge in [-0.25, -0.2) is 10.8 Å². The highest BCUT2D eigenvalue weighted by Crippen LogP contribution is 2.25. The van der Waals surface area contributed by atoms with Gasteiger partial charge in [0.2, 0.25) is 0 Å². The third-order valence-electron chi connectivity index (χ3n) is 3.82. The molecule has 0 aliphatic carbocycles. The molecule has 0 saturated carbocycles. The fourth-order valence-electron chi connectivity index (χ4n) is 2.27. The van der Waals surface area contributed by atoms with Crippen LogP contribution in [0.3, 0.4) is 0 Å². The molecule has 1 amide bonds. The third kappa shape index (κ3) is 2.98. The van der Waals surface area contributed by atoms with E-state index in [1.165, 1.54) is 0 Å². The first-order chi connectivity index (χ1) is 9.02. The summed E-state index contributed by atoms with van der Waals surface area (Å²) in [5.74, 6) is 6.76. The van der Waals surface area contributed by atoms with Crippen LogP contribution in [0.1, 0.15) is 30.8 Å². The van der Waals surface area contributed by atoms with E-state index in [4.69, 9.17) is 17.4 Å². The molecular weight excluding hydrogens is 264 g/mol. The highest BCUT2D eigenvalue weighted by molar-refractivity contribution is 6.33. The number of pyridine rings is 1. The first kappa shape index (κ1) is 14.1. The maximum absolute atomic E-state index is 12.5. The smallest absolute Gasteiger partial charge is 0.274 e. The average molecular weight is 283 g/mol. The van der Waals surface area contributed by atoms with Gasteiger partial charge in [-0.2, -0.15) is 0 Å². The Morgan fingerprint density at radius 3 is 2.84 bits per heavy atom. The van der Waals surface area contributed by atoms with Gasteiger partial charge >= 0.3 is 0 Å². The predicted octanol–water partition coefficient (Wildman–Crippen LogP) is 2.14. The van der Waals surface area contributed by atoms with Crippen LogP contribution >= 0.6 is 11.6 Å². The number of hydrogen-bond donors (Lipinski definition) is 2. The van der Waals surface area contributed by atoms with E-state index in [0.717, 1.165) is 19.5 Å². The Kier molecular flexibility index (Phi) is 4.27. The van der Waals surface area contributed by atoms with E-state index < -0.39 is 0 Å². The summed E-state index contributed by atoms with van der Waals surface area (Å²) in [6, 6.07) is 3.27. The highest BCUT2D eigenvalue weighted by Gasteiger charge is 2.28. The Labute approximate surface area is 118 Å². The number of nitrogen functional groups attached to an aromatic ring is 1. The average Bonchev–Trinajstić information content (AvgIpc) is 2.41. The van der Waals surface area contributed by atoms with Crippen LogP contribution in [-0.2, 0) is 0 Å². The fourth-order valence-corrected chi connectivity index (χ4v) is 2.46. The van der Waals surface area contributed by atoms with Gasteiger partial charge in [-0.1, -0.05) is 25.4 Å². The lowest BCUT2D eigenvalue weighted by atomic mass is 9.88. The van der Waals surface area contributed by atoms with Crippen molar-refractivity contribution in [3.8, 4) is 0 Å². The molecule has 3 N–H and O–H groups in total. The van der Waals surface area contributed by atoms with Crippen LogP contribution in [0.4, 0.5) is 5.82 Å². The van der Waals surface area contributed by atoms with Gasteiger partial charge in [0.05, 0.1) is 5.02 Å². The number of hydrazine groups is 1. The van der Waals surface area contributed by atoms with Gasteiger partial charge in [0.1, 0.15) is 11.5 Å². The lowest BCUT2D eigenvalue weighted by molar-refractivity contribution is 0.0622. The number of hydrogen-bond acceptors (Lipinski definition) is 4. The van der Waals surface area contributed by atoms with Crippen molar-refractivity contribution >= 4 is 23.3 Å². The summed E-state index contributed by atoms with van der Waals surface area (Å²) < 4.78 is 0. The van der Waals surface area contributed by atoms with Gasteiger partial charge in [0.15, 0.2) is 0 Å². The summed E-state index contributed by atoms with van der Waals surface area (Å²) >= 11 is 6.05. The Bertz CT molecular complexity index is 480. The van der Waals surface area contributed by atoms with E-state index in [-0.39, 0.29) is 11.6 Å². The van der Waals surface area contributed by atoms with E-state index in [9.17, 15) is 4.79 Å². The molecule has 2 unspecified atom stereocenters. The van der Waals surface area contributed by atoms with Crippen molar-refractivity contribution in [1.29, 1.82) is 0 Å². The second-order valence-electron chi connectivity index (χ2n) is 5.17. The van der Waals surface area contributed by atoms with Gasteiger partial charge in [-0.05, 0) is 30.4 Å². The lowest BCUT2D eigenvalue weighted by Gasteiger charge is -2.35. The van der Waals surface area contributed by atoms with Crippen molar-refractivity contribution in [3.05, 3.63) is 22.8 Å². The maximum atomic E-state index is 12.5. The Hall–Kier alpha value is -1.33. The number of anilines is 1. The van der Waals surface area contributed by atoms with Crippen molar-refractivity contribution in [2.45, 2.75) is 20.3 Å². The molecule has 19 heavy (non-hydrogen) atoms. The van der Waals surface area contributed by atoms with Crippen LogP contribution in [0.15, 0.2) is 12.1 Å². The molecule has 0 bridgehead atoms. The summed E-state index contributed by atoms with van der Waals surface area (Å²) in [5.41, 5.74) is 2.69. The van der Waals surface area contributed by atoms with Crippen molar-refractivity contribution < 1.29 is 4.79 Å². The summed E-state index contributed by atoms with van der Waals surface area (Å²) in [6.45, 7) is 5.88. The van der Waals surface area contributed by atoms with Gasteiger partial charge in [-0.3, -0.25) is 4.79 Å². The highest BCUT2D eigenvalue weighted by atomic mass is 35.5. The molecule has 5 nitrogen and oxygen atoms in total. The SMILES string of the molecule is CC1CCN(C(=O)c2nc(NN)ccc2Cl)CC1C. The molecule has 104 valence electrons. The van der Waals surface area contributed by atoms with Gasteiger partial charge in [0.25, 0.3) is 5.91 Å². The minimum atomic E-state index is -0.124. The van der Waals surface area contributed by atoms with Crippen molar-refractivity contribution in [3.63, 3.8) is 0 Å². The normalized spacial score (nSPS) is 23.3. The first-order valence-corrected chi connectivity index (χ1v) is 6.83. The number of likely N-dealkylation sites (tertiary alicyclic amines) is 1. The quantitative estimate of drug-likeness (QED) is 0.644. The molecule has 2 rings (SSSR count). The van der Waals surface area contributed by atoms with E-state index >= 15 is 0 Å². The van der Waals surface area contributed by atoms with E-state index in [2.05, 4.69) is 24.3 Å². The zero-order chi connectivity index (χ0) is 14.0. The number of aromatic nitrogens is 1. The maximum Gasteiger partial charge on any atom is 0.274 e. The minimum Gasteiger partial charge on any atom is -0.337 e. The topological polar surface area (TPSA) is 71.2 Å². The third-order valence-corrected chi connectivity index (χ3v) is 4.12. The molecule has 0 aromatic carbocycles. The number of nitrogens with one attached hydrogen (secondary N) is 1. The zero-order valence-corrected chi connectivity index (χ0v) is 11.9. The van der Waals surface area contributed by atoms with E-state index in [1.807, 2.05) is 4.90 Å². The van der Waals surface area contributed by atoms with Crippen LogP contribution in [0, 0.1) is 11.8 Å². The molecule has 0 radical (unpaired) electrons. The predicted molar refractivity (Wildman–Crippen MR) is 75.9 cm³/mol. The molecule has 1 saturated heterocycles. The summed E-state index contributed by atoms with van der Waals surface area (Å²) in [7, 11) is 0. The van der Waals surface area contributed by atoms with E-state index in [1.54, 1.807) is 12.1 Å². The van der Waals surface area contributed by atoms with Crippen LogP contribution in [0.25, 0.3) is 0 Å². The molecular formula is C13H19ClN4O. The van der Waals surface area contributed by atoms with Crippen LogP contribution in [0.2, 0.25) is 5.02 Å². The Morgan fingerprint density at radius 1 is 1.47 bits per heavy atom. The number of rotatable bonds is 2. The molecule has 0 spiro atoms. The number of nitrogens with two attached hydrogens (primary N) is 1. The number of nitrogens with zero attached hydrogens (tertiary/aromatic N) is 2. The number of amides is 1. The standard InChI is InChI=1S/C13H19ClN4O/c1-8-5-6-18(7-9(8)2)13(19)12-10(14)3-4-11(16-12)17-15/h3-4,8-9H,5-7,15H2,1-2H3,(H,16,17). The molecule has 1 aliphatic rings. The van der Waals surface area contributed by atoms with Crippen LogP contribution < -0.4 is 11.3 Å². The van der Waals surface area contributed by atoms with Crippen molar-refractivity contribution in [1.82, 2.24) is 9.88 Å². The molecule has 1 aliphatic heterocycles. The lowest BCUT2D eigenvalue weighted by Crippen LogP contribution is -2.42. The second-order valence-corrected chi connectivity index (χ2v) is 5.57. The second kappa shape index (κ2) is 5.75. The molecule has 2 heterocycles.